The Labute approximate surface area is 106 Å². The molecule has 0 saturated heterocycles. The first kappa shape index (κ1) is 12.1. The molecule has 0 aliphatic heterocycles. The Morgan fingerprint density at radius 1 is 1.41 bits per heavy atom. The summed E-state index contributed by atoms with van der Waals surface area (Å²) in [6, 6.07) is 1.37. The normalized spacial score (nSPS) is 11.4. The van der Waals surface area contributed by atoms with Crippen molar-refractivity contribution in [3.63, 3.8) is 0 Å². The molecule has 1 N–H and O–H groups in total. The maximum absolute atomic E-state index is 11.9. The van der Waals surface area contributed by atoms with E-state index in [0.29, 0.717) is 10.2 Å². The second-order valence-electron chi connectivity index (χ2n) is 3.24. The molecule has 6 nitrogen and oxygen atoms in total. The largest absolute Gasteiger partial charge is 0.431 e. The van der Waals surface area contributed by atoms with E-state index in [1.54, 1.807) is 6.92 Å². The Morgan fingerprint density at radius 2 is 2.18 bits per heavy atom. The molecule has 0 amide bonds. The Balaban J connectivity index is 2.31. The number of nitrogens with one attached hydrogen (secondary N) is 1. The number of sulfonamides is 1. The van der Waals surface area contributed by atoms with Crippen molar-refractivity contribution < 1.29 is 12.8 Å². The van der Waals surface area contributed by atoms with Crippen LogP contribution < -0.4 is 4.72 Å². The van der Waals surface area contributed by atoms with Gasteiger partial charge in [0.05, 0.1) is 5.69 Å². The fourth-order valence-corrected chi connectivity index (χ4v) is 2.55. The summed E-state index contributed by atoms with van der Waals surface area (Å²) in [7, 11) is -3.72. The van der Waals surface area contributed by atoms with Crippen LogP contribution in [0.25, 0.3) is 0 Å². The summed E-state index contributed by atoms with van der Waals surface area (Å²) in [5, 5.41) is 0. The fraction of sp³-hybridized carbons (Fsp3) is 0.111. The molecule has 90 valence electrons. The van der Waals surface area contributed by atoms with E-state index in [2.05, 4.69) is 30.6 Å². The molecule has 2 heterocycles. The van der Waals surface area contributed by atoms with Gasteiger partial charge in [-0.25, -0.2) is 13.1 Å². The molecule has 2 aromatic heterocycles. The van der Waals surface area contributed by atoms with E-state index in [4.69, 9.17) is 4.42 Å². The highest BCUT2D eigenvalue weighted by Crippen LogP contribution is 2.17. The zero-order chi connectivity index (χ0) is 12.5. The average molecular weight is 318 g/mol. The second-order valence-corrected chi connectivity index (χ2v) is 5.84. The summed E-state index contributed by atoms with van der Waals surface area (Å²) in [5.74, 6) is 0. The van der Waals surface area contributed by atoms with Crippen LogP contribution in [0.1, 0.15) is 5.69 Å². The molecule has 0 radical (unpaired) electrons. The third-order valence-electron chi connectivity index (χ3n) is 1.83. The summed E-state index contributed by atoms with van der Waals surface area (Å²) >= 11 is 3.15. The molecule has 0 atom stereocenters. The maximum atomic E-state index is 11.9. The number of nitrogens with zero attached hydrogens (tertiary/aromatic N) is 2. The van der Waals surface area contributed by atoms with Gasteiger partial charge in [-0.3, -0.25) is 4.98 Å². The van der Waals surface area contributed by atoms with Crippen LogP contribution in [0.2, 0.25) is 0 Å². The van der Waals surface area contributed by atoms with Gasteiger partial charge in [-0.2, -0.15) is 4.98 Å². The summed E-state index contributed by atoms with van der Waals surface area (Å²) in [5.41, 5.74) is 0.593. The number of pyridine rings is 1. The predicted molar refractivity (Wildman–Crippen MR) is 64.0 cm³/mol. The van der Waals surface area contributed by atoms with Gasteiger partial charge in [-0.1, -0.05) is 0 Å². The van der Waals surface area contributed by atoms with Gasteiger partial charge in [0.25, 0.3) is 10.0 Å². The zero-order valence-electron chi connectivity index (χ0n) is 8.71. The quantitative estimate of drug-likeness (QED) is 0.935. The average Bonchev–Trinajstić information content (AvgIpc) is 2.63. The number of aryl methyl sites for hydroxylation is 1. The lowest BCUT2D eigenvalue weighted by Gasteiger charge is -2.03. The van der Waals surface area contributed by atoms with Crippen molar-refractivity contribution in [2.24, 2.45) is 0 Å². The van der Waals surface area contributed by atoms with Crippen LogP contribution in [0.4, 0.5) is 6.01 Å². The van der Waals surface area contributed by atoms with E-state index in [-0.39, 0.29) is 10.9 Å². The smallest absolute Gasteiger partial charge is 0.309 e. The monoisotopic (exact) mass is 317 g/mol. The molecule has 0 fully saturated rings. The van der Waals surface area contributed by atoms with Crippen LogP contribution in [0.3, 0.4) is 0 Å². The summed E-state index contributed by atoms with van der Waals surface area (Å²) < 4.78 is 31.5. The van der Waals surface area contributed by atoms with Crippen molar-refractivity contribution in [1.82, 2.24) is 9.97 Å². The van der Waals surface area contributed by atoms with Gasteiger partial charge in [-0.05, 0) is 28.9 Å². The molecule has 0 unspecified atom stereocenters. The topological polar surface area (TPSA) is 85.1 Å². The number of oxazole rings is 1. The maximum Gasteiger partial charge on any atom is 0.309 e. The molecule has 8 heteroatoms. The number of hydrogen-bond donors (Lipinski definition) is 1. The van der Waals surface area contributed by atoms with Crippen LogP contribution in [0.15, 0.2) is 38.5 Å². The Morgan fingerprint density at radius 3 is 2.76 bits per heavy atom. The van der Waals surface area contributed by atoms with Crippen molar-refractivity contribution in [2.45, 2.75) is 11.8 Å². The molecule has 0 aliphatic carbocycles. The first-order valence-electron chi connectivity index (χ1n) is 4.53. The highest BCUT2D eigenvalue weighted by molar-refractivity contribution is 9.10. The molecule has 0 aromatic carbocycles. The first-order valence-corrected chi connectivity index (χ1v) is 6.80. The molecule has 2 aromatic rings. The van der Waals surface area contributed by atoms with Crippen molar-refractivity contribution >= 4 is 32.0 Å². The van der Waals surface area contributed by atoms with E-state index >= 15 is 0 Å². The van der Waals surface area contributed by atoms with Crippen LogP contribution in [-0.2, 0) is 10.0 Å². The summed E-state index contributed by atoms with van der Waals surface area (Å²) in [6.45, 7) is 1.70. The summed E-state index contributed by atoms with van der Waals surface area (Å²) in [4.78, 5) is 7.67. The minimum atomic E-state index is -3.72. The molecule has 2 rings (SSSR count). The van der Waals surface area contributed by atoms with E-state index in [1.165, 1.54) is 24.7 Å². The molecule has 17 heavy (non-hydrogen) atoms. The van der Waals surface area contributed by atoms with Crippen LogP contribution in [-0.4, -0.2) is 18.4 Å². The molecular weight excluding hydrogens is 310 g/mol. The number of aromatic nitrogens is 2. The van der Waals surface area contributed by atoms with Crippen molar-refractivity contribution in [3.05, 3.63) is 34.9 Å². The lowest BCUT2D eigenvalue weighted by molar-refractivity contribution is 0.569. The first-order chi connectivity index (χ1) is 7.97. The second kappa shape index (κ2) is 4.46. The standard InChI is InChI=1S/C9H8BrN3O3S/c1-6-5-16-9(12-6)13-17(14,15)8-2-7(10)3-11-4-8/h2-5H,1H3,(H,12,13). The van der Waals surface area contributed by atoms with Crippen LogP contribution in [0.5, 0.6) is 0 Å². The lowest BCUT2D eigenvalue weighted by atomic mass is 10.5. The van der Waals surface area contributed by atoms with Crippen molar-refractivity contribution in [2.75, 3.05) is 4.72 Å². The van der Waals surface area contributed by atoms with Gasteiger partial charge in [0.1, 0.15) is 11.2 Å². The molecule has 0 aliphatic rings. The van der Waals surface area contributed by atoms with Gasteiger partial charge < -0.3 is 4.42 Å². The number of rotatable bonds is 3. The van der Waals surface area contributed by atoms with Gasteiger partial charge in [0, 0.05) is 16.9 Å². The highest BCUT2D eigenvalue weighted by atomic mass is 79.9. The van der Waals surface area contributed by atoms with Crippen LogP contribution in [0, 0.1) is 6.92 Å². The van der Waals surface area contributed by atoms with Gasteiger partial charge in [0.15, 0.2) is 0 Å². The predicted octanol–water partition coefficient (Wildman–Crippen LogP) is 1.94. The van der Waals surface area contributed by atoms with Gasteiger partial charge in [-0.15, -0.1) is 0 Å². The Kier molecular flexibility index (Phi) is 3.16. The van der Waals surface area contributed by atoms with Crippen molar-refractivity contribution in [1.29, 1.82) is 0 Å². The number of hydrogen-bond acceptors (Lipinski definition) is 5. The minimum Gasteiger partial charge on any atom is -0.431 e. The molecular formula is C9H8BrN3O3S. The van der Waals surface area contributed by atoms with Crippen LogP contribution >= 0.6 is 15.9 Å². The zero-order valence-corrected chi connectivity index (χ0v) is 11.1. The fourth-order valence-electron chi connectivity index (χ4n) is 1.11. The van der Waals surface area contributed by atoms with Gasteiger partial charge >= 0.3 is 6.01 Å². The van der Waals surface area contributed by atoms with E-state index in [9.17, 15) is 8.42 Å². The molecule has 0 bridgehead atoms. The summed E-state index contributed by atoms with van der Waals surface area (Å²) in [6.07, 6.45) is 4.09. The third kappa shape index (κ3) is 2.83. The number of anilines is 1. The number of halogens is 1. The lowest BCUT2D eigenvalue weighted by Crippen LogP contribution is -2.13. The van der Waals surface area contributed by atoms with Gasteiger partial charge in [0.2, 0.25) is 0 Å². The Hall–Kier alpha value is -1.41. The Bertz CT molecular complexity index is 638. The van der Waals surface area contributed by atoms with E-state index in [1.807, 2.05) is 0 Å². The minimum absolute atomic E-state index is 0.0303. The highest BCUT2D eigenvalue weighted by Gasteiger charge is 2.17. The molecule has 0 spiro atoms. The van der Waals surface area contributed by atoms with E-state index < -0.39 is 10.0 Å². The molecule has 0 saturated carbocycles. The SMILES string of the molecule is Cc1coc(NS(=O)(=O)c2cncc(Br)c2)n1. The third-order valence-corrected chi connectivity index (χ3v) is 3.55. The van der Waals surface area contributed by atoms with E-state index in [0.717, 1.165) is 0 Å². The van der Waals surface area contributed by atoms with Crippen molar-refractivity contribution in [3.8, 4) is 0 Å².